The van der Waals surface area contributed by atoms with Crippen molar-refractivity contribution in [2.24, 2.45) is 0 Å². The summed E-state index contributed by atoms with van der Waals surface area (Å²) in [5.41, 5.74) is 0. The molecule has 6 heavy (non-hydrogen) atoms. The molecule has 1 aliphatic rings. The molecule has 1 aliphatic heterocycles. The Morgan fingerprint density at radius 3 is 2.17 bits per heavy atom. The van der Waals surface area contributed by atoms with Crippen molar-refractivity contribution in [3.05, 3.63) is 0 Å². The maximum absolute atomic E-state index is 11.3. The van der Waals surface area contributed by atoms with Gasteiger partial charge in [0.15, 0.2) is 0 Å². The molecule has 1 saturated heterocycles. The van der Waals surface area contributed by atoms with E-state index in [2.05, 4.69) is 9.78 Å². The van der Waals surface area contributed by atoms with E-state index in [1.807, 2.05) is 0 Å². The molecule has 0 saturated carbocycles. The molecular weight excluding hydrogens is 87.0 g/mol. The Kier molecular flexibility index (Phi) is 0.615. The first-order valence-corrected chi connectivity index (χ1v) is 1.70. The number of rotatable bonds is 1. The summed E-state index contributed by atoms with van der Waals surface area (Å²) in [7, 11) is 0. The van der Waals surface area contributed by atoms with E-state index in [4.69, 9.17) is 0 Å². The first-order chi connectivity index (χ1) is 2.77. The predicted molar refractivity (Wildman–Crippen MR) is 16.6 cm³/mol. The number of hydrogen-bond acceptors (Lipinski definition) is 2. The van der Waals surface area contributed by atoms with Crippen molar-refractivity contribution in [1.29, 1.82) is 0 Å². The predicted octanol–water partition coefficient (Wildman–Crippen LogP) is 0.634. The molecule has 0 atom stereocenters. The highest BCUT2D eigenvalue weighted by molar-refractivity contribution is 4.62. The van der Waals surface area contributed by atoms with Gasteiger partial charge in [-0.2, -0.15) is 9.78 Å². The second-order valence-electron chi connectivity index (χ2n) is 1.43. The molecule has 2 nitrogen and oxygen atoms in total. The molecule has 0 amide bonds. The Morgan fingerprint density at radius 1 is 1.67 bits per heavy atom. The largest absolute Gasteiger partial charge is 0.259 e. The quantitative estimate of drug-likeness (QED) is 0.350. The molecule has 1 rings (SSSR count). The van der Waals surface area contributed by atoms with Gasteiger partial charge in [0.1, 0.15) is 6.67 Å². The van der Waals surface area contributed by atoms with Crippen molar-refractivity contribution in [2.75, 3.05) is 6.67 Å². The lowest BCUT2D eigenvalue weighted by molar-refractivity contribution is 0.0850. The molecule has 3 heteroatoms. The minimum Gasteiger partial charge on any atom is -0.245 e. The van der Waals surface area contributed by atoms with E-state index in [1.165, 1.54) is 6.92 Å². The van der Waals surface area contributed by atoms with Crippen molar-refractivity contribution < 1.29 is 14.2 Å². The third-order valence-electron chi connectivity index (χ3n) is 0.611. The van der Waals surface area contributed by atoms with E-state index in [0.29, 0.717) is 0 Å². The zero-order valence-electron chi connectivity index (χ0n) is 3.40. The first kappa shape index (κ1) is 4.02. The molecule has 1 heterocycles. The summed E-state index contributed by atoms with van der Waals surface area (Å²) in [5.74, 6) is -0.875. The summed E-state index contributed by atoms with van der Waals surface area (Å²) in [6.45, 7) is 0.972. The Bertz CT molecular complexity index is 59.8. The van der Waals surface area contributed by atoms with E-state index in [-0.39, 0.29) is 0 Å². The van der Waals surface area contributed by atoms with Crippen LogP contribution in [-0.4, -0.2) is 12.5 Å². The van der Waals surface area contributed by atoms with E-state index in [0.717, 1.165) is 0 Å². The average Bonchev–Trinajstić information content (AvgIpc) is 2.22. The van der Waals surface area contributed by atoms with Crippen LogP contribution in [0, 0.1) is 0 Å². The maximum Gasteiger partial charge on any atom is 0.259 e. The van der Waals surface area contributed by atoms with Gasteiger partial charge in [-0.3, -0.25) is 0 Å². The van der Waals surface area contributed by atoms with E-state index >= 15 is 0 Å². The lowest BCUT2D eigenvalue weighted by Crippen LogP contribution is -2.04. The van der Waals surface area contributed by atoms with Crippen LogP contribution >= 0.6 is 0 Å². The van der Waals surface area contributed by atoms with E-state index in [1.54, 1.807) is 0 Å². The summed E-state index contributed by atoms with van der Waals surface area (Å²) in [5, 5.41) is 0. The molecule has 0 unspecified atom stereocenters. The summed E-state index contributed by atoms with van der Waals surface area (Å²) < 4.78 is 11.3. The first-order valence-electron chi connectivity index (χ1n) is 1.70. The maximum atomic E-state index is 11.3. The Morgan fingerprint density at radius 2 is 2.17 bits per heavy atom. The Balaban J connectivity index is 2.28. The molecule has 36 valence electrons. The SMILES string of the molecule is CC1(CF)OO1. The van der Waals surface area contributed by atoms with Gasteiger partial charge in [-0.1, -0.05) is 0 Å². The van der Waals surface area contributed by atoms with Gasteiger partial charge in [-0.05, 0) is 6.92 Å². The third-order valence-corrected chi connectivity index (χ3v) is 0.611. The van der Waals surface area contributed by atoms with Crippen LogP contribution in [-0.2, 0) is 9.78 Å². The van der Waals surface area contributed by atoms with Crippen LogP contribution in [0.25, 0.3) is 0 Å². The Hall–Kier alpha value is -0.150. The van der Waals surface area contributed by atoms with Crippen LogP contribution in [0.5, 0.6) is 0 Å². The number of alkyl halides is 1. The van der Waals surface area contributed by atoms with Crippen LogP contribution in [0.3, 0.4) is 0 Å². The summed E-state index contributed by atoms with van der Waals surface area (Å²) in [6.07, 6.45) is 0. The molecule has 0 spiro atoms. The number of hydrogen-bond donors (Lipinski definition) is 0. The normalized spacial score (nSPS) is 27.0. The fourth-order valence-corrected chi connectivity index (χ4v) is 0.116. The van der Waals surface area contributed by atoms with Gasteiger partial charge in [-0.25, -0.2) is 4.39 Å². The van der Waals surface area contributed by atoms with Gasteiger partial charge in [0.25, 0.3) is 5.79 Å². The highest BCUT2D eigenvalue weighted by atomic mass is 19.1. The van der Waals surface area contributed by atoms with Crippen LogP contribution in [0.1, 0.15) is 6.92 Å². The van der Waals surface area contributed by atoms with E-state index < -0.39 is 12.5 Å². The summed E-state index contributed by atoms with van der Waals surface area (Å²) in [6, 6.07) is 0. The minimum absolute atomic E-state index is 0.562. The molecule has 0 aromatic carbocycles. The second kappa shape index (κ2) is 0.918. The van der Waals surface area contributed by atoms with Gasteiger partial charge < -0.3 is 0 Å². The average molecular weight is 92.1 g/mol. The molecule has 0 aliphatic carbocycles. The molecule has 0 aromatic rings. The molecular formula is C3H5FO2. The molecule has 1 fully saturated rings. The van der Waals surface area contributed by atoms with Crippen LogP contribution < -0.4 is 0 Å². The number of halogens is 1. The van der Waals surface area contributed by atoms with E-state index in [9.17, 15) is 4.39 Å². The summed E-state index contributed by atoms with van der Waals surface area (Å²) in [4.78, 5) is 8.34. The topological polar surface area (TPSA) is 25.1 Å². The zero-order valence-corrected chi connectivity index (χ0v) is 3.40. The third kappa shape index (κ3) is 0.507. The zero-order chi connectivity index (χ0) is 4.62. The van der Waals surface area contributed by atoms with Crippen LogP contribution in [0.4, 0.5) is 4.39 Å². The molecule has 0 radical (unpaired) electrons. The van der Waals surface area contributed by atoms with Gasteiger partial charge in [0.05, 0.1) is 0 Å². The fourth-order valence-electron chi connectivity index (χ4n) is 0.116. The molecule has 0 aromatic heterocycles. The lowest BCUT2D eigenvalue weighted by atomic mass is 10.4. The second-order valence-corrected chi connectivity index (χ2v) is 1.43. The highest BCUT2D eigenvalue weighted by Crippen LogP contribution is 2.27. The molecule has 0 N–H and O–H groups in total. The monoisotopic (exact) mass is 92.0 g/mol. The van der Waals surface area contributed by atoms with Crippen molar-refractivity contribution in [3.8, 4) is 0 Å². The minimum atomic E-state index is -0.875. The lowest BCUT2D eigenvalue weighted by Gasteiger charge is -1.81. The van der Waals surface area contributed by atoms with Gasteiger partial charge in [0.2, 0.25) is 0 Å². The van der Waals surface area contributed by atoms with Gasteiger partial charge in [0, 0.05) is 0 Å². The standard InChI is InChI=1S/C3H5FO2/c1-3(2-4)5-6-3/h2H2,1H3. The van der Waals surface area contributed by atoms with Gasteiger partial charge in [-0.15, -0.1) is 0 Å². The highest BCUT2D eigenvalue weighted by Gasteiger charge is 2.43. The van der Waals surface area contributed by atoms with Crippen LogP contribution in [0.2, 0.25) is 0 Å². The van der Waals surface area contributed by atoms with Gasteiger partial charge >= 0.3 is 0 Å². The van der Waals surface area contributed by atoms with Crippen molar-refractivity contribution in [1.82, 2.24) is 0 Å². The fraction of sp³-hybridized carbons (Fsp3) is 1.00. The van der Waals surface area contributed by atoms with Crippen LogP contribution in [0.15, 0.2) is 0 Å². The summed E-state index contributed by atoms with van der Waals surface area (Å²) >= 11 is 0. The Labute approximate surface area is 34.8 Å². The van der Waals surface area contributed by atoms with Crippen molar-refractivity contribution in [3.63, 3.8) is 0 Å². The smallest absolute Gasteiger partial charge is 0.245 e. The van der Waals surface area contributed by atoms with Crippen molar-refractivity contribution in [2.45, 2.75) is 12.7 Å². The molecule has 0 bridgehead atoms. The van der Waals surface area contributed by atoms with Crippen molar-refractivity contribution >= 4 is 0 Å².